The Hall–Kier alpha value is -1.69. The maximum absolute atomic E-state index is 12.7. The van der Waals surface area contributed by atoms with Gasteiger partial charge in [0, 0.05) is 44.6 Å². The van der Waals surface area contributed by atoms with Crippen LogP contribution in [0.25, 0.3) is 0 Å². The number of carbonyl (C=O) groups is 1. The van der Waals surface area contributed by atoms with Crippen LogP contribution in [-0.2, 0) is 4.79 Å². The SMILES string of the molecule is C[C@H]1[C@@H](NC(=O)[C@@H](C)N2CCN(c3ncccn3)CC2)CCC[C@@H]1C. The van der Waals surface area contributed by atoms with E-state index in [4.69, 9.17) is 0 Å². The van der Waals surface area contributed by atoms with E-state index >= 15 is 0 Å². The molecule has 138 valence electrons. The smallest absolute Gasteiger partial charge is 0.237 e. The average molecular weight is 345 g/mol. The minimum Gasteiger partial charge on any atom is -0.352 e. The number of nitrogens with one attached hydrogen (secondary N) is 1. The van der Waals surface area contributed by atoms with Crippen LogP contribution in [0.15, 0.2) is 18.5 Å². The summed E-state index contributed by atoms with van der Waals surface area (Å²) in [5, 5.41) is 3.32. The fourth-order valence-electron chi connectivity index (χ4n) is 4.02. The molecule has 0 bridgehead atoms. The summed E-state index contributed by atoms with van der Waals surface area (Å²) in [5.74, 6) is 2.22. The third-order valence-electron chi connectivity index (χ3n) is 6.11. The van der Waals surface area contributed by atoms with Crippen molar-refractivity contribution >= 4 is 11.9 Å². The second-order valence-corrected chi connectivity index (χ2v) is 7.63. The molecule has 4 atom stereocenters. The van der Waals surface area contributed by atoms with E-state index in [0.29, 0.717) is 17.9 Å². The van der Waals surface area contributed by atoms with E-state index in [2.05, 4.69) is 38.9 Å². The van der Waals surface area contributed by atoms with Crippen LogP contribution >= 0.6 is 0 Å². The Bertz CT molecular complexity index is 558. The van der Waals surface area contributed by atoms with Crippen LogP contribution in [0, 0.1) is 11.8 Å². The molecule has 1 N–H and O–H groups in total. The summed E-state index contributed by atoms with van der Waals surface area (Å²) in [6, 6.07) is 2.08. The zero-order chi connectivity index (χ0) is 17.8. The molecule has 1 aromatic rings. The van der Waals surface area contributed by atoms with Crippen molar-refractivity contribution in [1.29, 1.82) is 0 Å². The molecule has 25 heavy (non-hydrogen) atoms. The molecule has 2 fully saturated rings. The second kappa shape index (κ2) is 8.13. The number of piperazine rings is 1. The summed E-state index contributed by atoms with van der Waals surface area (Å²) in [5.41, 5.74) is 0. The Morgan fingerprint density at radius 1 is 1.16 bits per heavy atom. The van der Waals surface area contributed by atoms with Crippen LogP contribution in [0.4, 0.5) is 5.95 Å². The summed E-state index contributed by atoms with van der Waals surface area (Å²) >= 11 is 0. The number of nitrogens with zero attached hydrogens (tertiary/aromatic N) is 4. The van der Waals surface area contributed by atoms with Crippen LogP contribution in [0.2, 0.25) is 0 Å². The Morgan fingerprint density at radius 3 is 2.52 bits per heavy atom. The van der Waals surface area contributed by atoms with E-state index in [-0.39, 0.29) is 11.9 Å². The molecule has 6 nitrogen and oxygen atoms in total. The molecule has 0 unspecified atom stereocenters. The largest absolute Gasteiger partial charge is 0.352 e. The first-order valence-electron chi connectivity index (χ1n) is 9.62. The molecular weight excluding hydrogens is 314 g/mol. The molecule has 1 aliphatic heterocycles. The van der Waals surface area contributed by atoms with Crippen LogP contribution < -0.4 is 10.2 Å². The van der Waals surface area contributed by atoms with Crippen molar-refractivity contribution in [2.24, 2.45) is 11.8 Å². The minimum atomic E-state index is -0.0803. The summed E-state index contributed by atoms with van der Waals surface area (Å²) in [7, 11) is 0. The molecule has 0 aromatic carbocycles. The Morgan fingerprint density at radius 2 is 1.84 bits per heavy atom. The van der Waals surface area contributed by atoms with E-state index in [1.807, 2.05) is 13.0 Å². The van der Waals surface area contributed by atoms with Gasteiger partial charge < -0.3 is 10.2 Å². The summed E-state index contributed by atoms with van der Waals surface area (Å²) < 4.78 is 0. The van der Waals surface area contributed by atoms with Gasteiger partial charge in [0.1, 0.15) is 0 Å². The number of hydrogen-bond acceptors (Lipinski definition) is 5. The van der Waals surface area contributed by atoms with Gasteiger partial charge >= 0.3 is 0 Å². The van der Waals surface area contributed by atoms with Crippen molar-refractivity contribution in [1.82, 2.24) is 20.2 Å². The lowest BCUT2D eigenvalue weighted by atomic mass is 9.78. The van der Waals surface area contributed by atoms with Gasteiger partial charge in [0.25, 0.3) is 0 Å². The van der Waals surface area contributed by atoms with Crippen molar-refractivity contribution in [2.75, 3.05) is 31.1 Å². The van der Waals surface area contributed by atoms with Gasteiger partial charge in [0.15, 0.2) is 0 Å². The fourth-order valence-corrected chi connectivity index (χ4v) is 4.02. The Kier molecular flexibility index (Phi) is 5.89. The van der Waals surface area contributed by atoms with E-state index in [9.17, 15) is 4.79 Å². The third kappa shape index (κ3) is 4.29. The number of amides is 1. The van der Waals surface area contributed by atoms with Gasteiger partial charge in [0.2, 0.25) is 11.9 Å². The predicted octanol–water partition coefficient (Wildman–Crippen LogP) is 1.93. The van der Waals surface area contributed by atoms with Crippen LogP contribution in [-0.4, -0.2) is 59.0 Å². The maximum Gasteiger partial charge on any atom is 0.237 e. The first-order valence-corrected chi connectivity index (χ1v) is 9.62. The maximum atomic E-state index is 12.7. The highest BCUT2D eigenvalue weighted by atomic mass is 16.2. The van der Waals surface area contributed by atoms with E-state index in [0.717, 1.165) is 38.5 Å². The minimum absolute atomic E-state index is 0.0803. The summed E-state index contributed by atoms with van der Waals surface area (Å²) in [6.07, 6.45) is 7.17. The topological polar surface area (TPSA) is 61.4 Å². The quantitative estimate of drug-likeness (QED) is 0.903. The first-order chi connectivity index (χ1) is 12.1. The van der Waals surface area contributed by atoms with E-state index in [1.165, 1.54) is 12.8 Å². The van der Waals surface area contributed by atoms with Crippen molar-refractivity contribution in [3.8, 4) is 0 Å². The van der Waals surface area contributed by atoms with E-state index in [1.54, 1.807) is 12.4 Å². The summed E-state index contributed by atoms with van der Waals surface area (Å²) in [4.78, 5) is 25.8. The molecule has 1 saturated heterocycles. The van der Waals surface area contributed by atoms with Gasteiger partial charge in [-0.15, -0.1) is 0 Å². The monoisotopic (exact) mass is 345 g/mol. The highest BCUT2D eigenvalue weighted by molar-refractivity contribution is 5.81. The second-order valence-electron chi connectivity index (χ2n) is 7.63. The van der Waals surface area contributed by atoms with Gasteiger partial charge in [-0.1, -0.05) is 26.7 Å². The van der Waals surface area contributed by atoms with Crippen molar-refractivity contribution in [2.45, 2.75) is 52.1 Å². The van der Waals surface area contributed by atoms with Gasteiger partial charge in [-0.3, -0.25) is 9.69 Å². The number of rotatable bonds is 4. The normalized spacial score (nSPS) is 29.2. The number of aromatic nitrogens is 2. The molecule has 1 aliphatic carbocycles. The summed E-state index contributed by atoms with van der Waals surface area (Å²) in [6.45, 7) is 10.1. The molecule has 1 amide bonds. The third-order valence-corrected chi connectivity index (χ3v) is 6.11. The molecule has 2 aliphatic rings. The van der Waals surface area contributed by atoms with Crippen LogP contribution in [0.1, 0.15) is 40.0 Å². The molecular formula is C19H31N5O. The number of hydrogen-bond donors (Lipinski definition) is 1. The van der Waals surface area contributed by atoms with Gasteiger partial charge in [-0.2, -0.15) is 0 Å². The zero-order valence-electron chi connectivity index (χ0n) is 15.7. The Balaban J connectivity index is 1.50. The standard InChI is InChI=1S/C19H31N5O/c1-14-6-4-7-17(15(14)2)22-18(25)16(3)23-10-12-24(13-11-23)19-20-8-5-9-21-19/h5,8-9,14-17H,4,6-7,10-13H2,1-3H3,(H,22,25)/t14-,15+,16+,17-/m0/s1. The first kappa shape index (κ1) is 18.1. The molecule has 0 radical (unpaired) electrons. The lowest BCUT2D eigenvalue weighted by Gasteiger charge is -2.39. The fraction of sp³-hybridized carbons (Fsp3) is 0.737. The molecule has 0 spiro atoms. The van der Waals surface area contributed by atoms with Gasteiger partial charge in [0.05, 0.1) is 6.04 Å². The molecule has 1 saturated carbocycles. The highest BCUT2D eigenvalue weighted by Crippen LogP contribution is 2.29. The van der Waals surface area contributed by atoms with Crippen molar-refractivity contribution in [3.63, 3.8) is 0 Å². The van der Waals surface area contributed by atoms with Crippen LogP contribution in [0.5, 0.6) is 0 Å². The van der Waals surface area contributed by atoms with Gasteiger partial charge in [-0.25, -0.2) is 9.97 Å². The van der Waals surface area contributed by atoms with E-state index < -0.39 is 0 Å². The average Bonchev–Trinajstić information content (AvgIpc) is 2.65. The van der Waals surface area contributed by atoms with Gasteiger partial charge in [-0.05, 0) is 31.2 Å². The van der Waals surface area contributed by atoms with Crippen molar-refractivity contribution < 1.29 is 4.79 Å². The number of carbonyl (C=O) groups excluding carboxylic acids is 1. The molecule has 1 aromatic heterocycles. The van der Waals surface area contributed by atoms with Crippen LogP contribution in [0.3, 0.4) is 0 Å². The molecule has 2 heterocycles. The highest BCUT2D eigenvalue weighted by Gasteiger charge is 2.31. The zero-order valence-corrected chi connectivity index (χ0v) is 15.7. The molecule has 6 heteroatoms. The number of anilines is 1. The lowest BCUT2D eigenvalue weighted by molar-refractivity contribution is -0.127. The van der Waals surface area contributed by atoms with Crippen molar-refractivity contribution in [3.05, 3.63) is 18.5 Å². The Labute approximate surface area is 151 Å². The molecule has 3 rings (SSSR count). The predicted molar refractivity (Wildman–Crippen MR) is 99.4 cm³/mol. The lowest BCUT2D eigenvalue weighted by Crippen LogP contribution is -2.56.